The van der Waals surface area contributed by atoms with E-state index in [0.717, 1.165) is 13.0 Å². The Balaban J connectivity index is 0.000000640. The van der Waals surface area contributed by atoms with Crippen LogP contribution in [0.4, 0.5) is 0 Å². The molecule has 1 aliphatic rings. The van der Waals surface area contributed by atoms with Crippen LogP contribution < -0.4 is 0 Å². The Labute approximate surface area is 69.7 Å². The average Bonchev–Trinajstić information content (AvgIpc) is 1.62. The summed E-state index contributed by atoms with van der Waals surface area (Å²) in [6.45, 7) is 2.78. The summed E-state index contributed by atoms with van der Waals surface area (Å²) in [7, 11) is 0. The van der Waals surface area contributed by atoms with Crippen LogP contribution in [0.25, 0.3) is 5.32 Å². The Morgan fingerprint density at radius 3 is 2.44 bits per heavy atom. The standard InChI is InChI=1S/C6H10NO.W/c1-2-6(8)5-3-4-7-5;/h5H,2-4H2,1H3;/q-1;. The molecule has 1 fully saturated rings. The molecule has 1 heterocycles. The molecule has 9 heavy (non-hydrogen) atoms. The van der Waals surface area contributed by atoms with Gasteiger partial charge >= 0.3 is 0 Å². The van der Waals surface area contributed by atoms with Crippen molar-refractivity contribution in [3.63, 3.8) is 0 Å². The molecule has 1 rings (SSSR count). The second-order valence-electron chi connectivity index (χ2n) is 2.03. The maximum atomic E-state index is 10.7. The van der Waals surface area contributed by atoms with Gasteiger partial charge in [0.1, 0.15) is 5.78 Å². The van der Waals surface area contributed by atoms with Gasteiger partial charge in [-0.25, -0.2) is 0 Å². The average molecular weight is 296 g/mol. The molecule has 0 saturated carbocycles. The van der Waals surface area contributed by atoms with Gasteiger partial charge in [0, 0.05) is 27.5 Å². The van der Waals surface area contributed by atoms with Gasteiger partial charge < -0.3 is 10.1 Å². The van der Waals surface area contributed by atoms with E-state index in [2.05, 4.69) is 5.32 Å². The third-order valence-corrected chi connectivity index (χ3v) is 1.47. The molecule has 3 heteroatoms. The smallest absolute Gasteiger partial charge is 0.115 e. The molecule has 0 radical (unpaired) electrons. The molecule has 52 valence electrons. The van der Waals surface area contributed by atoms with E-state index in [9.17, 15) is 4.79 Å². The second-order valence-corrected chi connectivity index (χ2v) is 2.03. The molecule has 1 saturated heterocycles. The van der Waals surface area contributed by atoms with E-state index in [1.165, 1.54) is 0 Å². The Morgan fingerprint density at radius 2 is 2.33 bits per heavy atom. The molecule has 2 nitrogen and oxygen atoms in total. The molecule has 1 aliphatic heterocycles. The largest absolute Gasteiger partial charge is 0.653 e. The van der Waals surface area contributed by atoms with E-state index in [-0.39, 0.29) is 27.1 Å². The third-order valence-electron chi connectivity index (χ3n) is 1.47. The van der Waals surface area contributed by atoms with E-state index in [4.69, 9.17) is 0 Å². The fourth-order valence-corrected chi connectivity index (χ4v) is 0.757. The fourth-order valence-electron chi connectivity index (χ4n) is 0.757. The quantitative estimate of drug-likeness (QED) is 0.751. The summed E-state index contributed by atoms with van der Waals surface area (Å²) < 4.78 is 0. The van der Waals surface area contributed by atoms with Crippen LogP contribution in [0.1, 0.15) is 19.8 Å². The normalized spacial score (nSPS) is 23.9. The molecule has 0 aromatic rings. The van der Waals surface area contributed by atoms with Crippen molar-refractivity contribution in [3.05, 3.63) is 5.32 Å². The van der Waals surface area contributed by atoms with Crippen molar-refractivity contribution < 1.29 is 25.9 Å². The Hall–Kier alpha value is 0.318. The molecule has 0 aliphatic carbocycles. The Morgan fingerprint density at radius 1 is 1.78 bits per heavy atom. The van der Waals surface area contributed by atoms with Crippen LogP contribution in [0.5, 0.6) is 0 Å². The zero-order valence-electron chi connectivity index (χ0n) is 5.46. The van der Waals surface area contributed by atoms with Gasteiger partial charge in [0.05, 0.1) is 0 Å². The fraction of sp³-hybridized carbons (Fsp3) is 0.833. The Bertz CT molecular complexity index is 101. The molecule has 0 bridgehead atoms. The van der Waals surface area contributed by atoms with Crippen molar-refractivity contribution in [1.29, 1.82) is 0 Å². The van der Waals surface area contributed by atoms with E-state index in [1.54, 1.807) is 0 Å². The van der Waals surface area contributed by atoms with E-state index >= 15 is 0 Å². The van der Waals surface area contributed by atoms with E-state index in [1.807, 2.05) is 6.92 Å². The van der Waals surface area contributed by atoms with Gasteiger partial charge in [-0.15, -0.1) is 6.54 Å². The molecule has 0 aromatic carbocycles. The molecule has 0 N–H and O–H groups in total. The van der Waals surface area contributed by atoms with E-state index < -0.39 is 0 Å². The number of nitrogens with zero attached hydrogens (tertiary/aromatic N) is 1. The summed E-state index contributed by atoms with van der Waals surface area (Å²) in [4.78, 5) is 10.7. The van der Waals surface area contributed by atoms with Crippen molar-refractivity contribution >= 4 is 5.78 Å². The first-order chi connectivity index (χ1) is 3.84. The van der Waals surface area contributed by atoms with Crippen molar-refractivity contribution in [3.8, 4) is 0 Å². The van der Waals surface area contributed by atoms with Crippen LogP contribution in [0.3, 0.4) is 0 Å². The molecular formula is C6H10NOW-. The van der Waals surface area contributed by atoms with Crippen molar-refractivity contribution in [1.82, 2.24) is 0 Å². The van der Waals surface area contributed by atoms with Gasteiger partial charge in [0.2, 0.25) is 0 Å². The molecule has 0 aromatic heterocycles. The van der Waals surface area contributed by atoms with Gasteiger partial charge in [0.25, 0.3) is 0 Å². The van der Waals surface area contributed by atoms with Gasteiger partial charge in [-0.3, -0.25) is 0 Å². The predicted molar refractivity (Wildman–Crippen MR) is 31.9 cm³/mol. The van der Waals surface area contributed by atoms with E-state index in [0.29, 0.717) is 12.2 Å². The summed E-state index contributed by atoms with van der Waals surface area (Å²) in [5.41, 5.74) is 0. The van der Waals surface area contributed by atoms with Crippen molar-refractivity contribution in [2.75, 3.05) is 6.54 Å². The minimum absolute atomic E-state index is 0. The molecule has 0 amide bonds. The van der Waals surface area contributed by atoms with Crippen LogP contribution in [-0.4, -0.2) is 18.4 Å². The number of hydrogen-bond donors (Lipinski definition) is 0. The van der Waals surface area contributed by atoms with Gasteiger partial charge in [-0.1, -0.05) is 19.4 Å². The first-order valence-electron chi connectivity index (χ1n) is 3.04. The summed E-state index contributed by atoms with van der Waals surface area (Å²) in [6, 6.07) is 0.0833. The maximum absolute atomic E-state index is 10.7. The second kappa shape index (κ2) is 4.18. The van der Waals surface area contributed by atoms with Crippen molar-refractivity contribution in [2.24, 2.45) is 0 Å². The predicted octanol–water partition coefficient (Wildman–Crippen LogP) is 1.11. The molecule has 1 unspecified atom stereocenters. The summed E-state index contributed by atoms with van der Waals surface area (Å²) in [5.74, 6) is 0.302. The zero-order valence-corrected chi connectivity index (χ0v) is 8.40. The first-order valence-corrected chi connectivity index (χ1v) is 3.04. The van der Waals surface area contributed by atoms with Gasteiger partial charge in [-0.2, -0.15) is 0 Å². The number of carbonyl (C=O) groups is 1. The SMILES string of the molecule is CCC(=O)C1CC[N-]1.[W]. The van der Waals surface area contributed by atoms with Crippen LogP contribution in [0, 0.1) is 0 Å². The summed E-state index contributed by atoms with van der Waals surface area (Å²) in [6.07, 6.45) is 1.64. The van der Waals surface area contributed by atoms with Crippen LogP contribution in [0.15, 0.2) is 0 Å². The zero-order chi connectivity index (χ0) is 5.98. The maximum Gasteiger partial charge on any atom is 0.115 e. The number of rotatable bonds is 2. The topological polar surface area (TPSA) is 31.2 Å². The number of carbonyl (C=O) groups excluding carboxylic acids is 1. The number of ketones is 1. The van der Waals surface area contributed by atoms with Crippen LogP contribution in [0.2, 0.25) is 0 Å². The van der Waals surface area contributed by atoms with Crippen LogP contribution in [-0.2, 0) is 25.9 Å². The monoisotopic (exact) mass is 296 g/mol. The molecule has 0 spiro atoms. The minimum atomic E-state index is 0. The third kappa shape index (κ3) is 2.19. The molecular weight excluding hydrogens is 286 g/mol. The summed E-state index contributed by atoms with van der Waals surface area (Å²) in [5, 5.41) is 3.99. The van der Waals surface area contributed by atoms with Gasteiger partial charge in [-0.05, 0) is 0 Å². The van der Waals surface area contributed by atoms with Gasteiger partial charge in [0.15, 0.2) is 0 Å². The molecule has 1 atom stereocenters. The minimum Gasteiger partial charge on any atom is -0.653 e. The van der Waals surface area contributed by atoms with Crippen molar-refractivity contribution in [2.45, 2.75) is 25.8 Å². The summed E-state index contributed by atoms with van der Waals surface area (Å²) >= 11 is 0. The van der Waals surface area contributed by atoms with Crippen LogP contribution >= 0.6 is 0 Å². The first kappa shape index (κ1) is 9.32. The number of hydrogen-bond acceptors (Lipinski definition) is 1. The number of Topliss-reactive ketones (excluding diaryl/α,β-unsaturated/α-hetero) is 1. The Kier molecular flexibility index (Phi) is 4.33.